The van der Waals surface area contributed by atoms with E-state index in [1.807, 2.05) is 13.8 Å². The van der Waals surface area contributed by atoms with Crippen LogP contribution in [0.4, 0.5) is 0 Å². The molecule has 0 bridgehead atoms. The van der Waals surface area contributed by atoms with E-state index in [-0.39, 0.29) is 0 Å². The first kappa shape index (κ1) is 11.2. The second-order valence-electron chi connectivity index (χ2n) is 3.94. The summed E-state index contributed by atoms with van der Waals surface area (Å²) in [6, 6.07) is 4.36. The number of nitrogens with zero attached hydrogens (tertiary/aromatic N) is 1. The monoisotopic (exact) mass is 208 g/mol. The molecule has 0 aliphatic carbocycles. The number of hydrogen-bond acceptors (Lipinski definition) is 3. The minimum Gasteiger partial charge on any atom is -0.299 e. The maximum absolute atomic E-state index is 8.80. The highest BCUT2D eigenvalue weighted by molar-refractivity contribution is 7.10. The van der Waals surface area contributed by atoms with Gasteiger partial charge in [-0.05, 0) is 44.2 Å². The highest BCUT2D eigenvalue weighted by atomic mass is 32.1. The molecular weight excluding hydrogens is 192 g/mol. The summed E-state index contributed by atoms with van der Waals surface area (Å²) in [5, 5.41) is 14.1. The summed E-state index contributed by atoms with van der Waals surface area (Å²) in [5.41, 5.74) is 0.942. The standard InChI is InChI=1S/C11H16N2S/c1-9-5-7-14-10(9)4-6-13-11(2,3)8-12/h5,7,13H,4,6H2,1-3H3. The average molecular weight is 208 g/mol. The maximum atomic E-state index is 8.80. The van der Waals surface area contributed by atoms with Gasteiger partial charge >= 0.3 is 0 Å². The lowest BCUT2D eigenvalue weighted by atomic mass is 10.1. The molecule has 0 aliphatic rings. The fourth-order valence-electron chi connectivity index (χ4n) is 1.19. The van der Waals surface area contributed by atoms with Crippen LogP contribution in [0.5, 0.6) is 0 Å². The van der Waals surface area contributed by atoms with Gasteiger partial charge in [0.25, 0.3) is 0 Å². The number of aryl methyl sites for hydroxylation is 1. The van der Waals surface area contributed by atoms with Gasteiger partial charge in [0.15, 0.2) is 0 Å². The number of thiophene rings is 1. The predicted molar refractivity (Wildman–Crippen MR) is 60.5 cm³/mol. The minimum atomic E-state index is -0.412. The summed E-state index contributed by atoms with van der Waals surface area (Å²) in [4.78, 5) is 1.41. The van der Waals surface area contributed by atoms with Crippen molar-refractivity contribution in [3.05, 3.63) is 21.9 Å². The van der Waals surface area contributed by atoms with E-state index in [1.54, 1.807) is 11.3 Å². The summed E-state index contributed by atoms with van der Waals surface area (Å²) in [7, 11) is 0. The maximum Gasteiger partial charge on any atom is 0.101 e. The van der Waals surface area contributed by atoms with Crippen molar-refractivity contribution in [2.75, 3.05) is 6.54 Å². The third kappa shape index (κ3) is 3.13. The van der Waals surface area contributed by atoms with E-state index in [2.05, 4.69) is 29.8 Å². The third-order valence-electron chi connectivity index (χ3n) is 2.17. The Hall–Kier alpha value is -0.850. The lowest BCUT2D eigenvalue weighted by Crippen LogP contribution is -2.38. The van der Waals surface area contributed by atoms with Gasteiger partial charge in [-0.1, -0.05) is 0 Å². The molecule has 1 N–H and O–H groups in total. The molecule has 0 unspecified atom stereocenters. The van der Waals surface area contributed by atoms with Gasteiger partial charge in [0.05, 0.1) is 6.07 Å². The molecule has 0 spiro atoms. The van der Waals surface area contributed by atoms with Crippen molar-refractivity contribution in [1.29, 1.82) is 5.26 Å². The van der Waals surface area contributed by atoms with Crippen LogP contribution in [0, 0.1) is 18.3 Å². The zero-order valence-corrected chi connectivity index (χ0v) is 9.74. The van der Waals surface area contributed by atoms with Crippen molar-refractivity contribution in [2.24, 2.45) is 0 Å². The molecule has 0 fully saturated rings. The van der Waals surface area contributed by atoms with Gasteiger partial charge in [-0.3, -0.25) is 5.32 Å². The molecule has 1 rings (SSSR count). The molecule has 3 heteroatoms. The van der Waals surface area contributed by atoms with Crippen molar-refractivity contribution in [3.8, 4) is 6.07 Å². The van der Waals surface area contributed by atoms with Gasteiger partial charge in [-0.25, -0.2) is 0 Å². The number of rotatable bonds is 4. The minimum absolute atomic E-state index is 0.412. The van der Waals surface area contributed by atoms with Gasteiger partial charge in [0.2, 0.25) is 0 Å². The molecule has 1 aromatic rings. The topological polar surface area (TPSA) is 35.8 Å². The largest absolute Gasteiger partial charge is 0.299 e. The Balaban J connectivity index is 2.37. The lowest BCUT2D eigenvalue weighted by Gasteiger charge is -2.16. The van der Waals surface area contributed by atoms with E-state index >= 15 is 0 Å². The molecule has 76 valence electrons. The van der Waals surface area contributed by atoms with Crippen molar-refractivity contribution in [1.82, 2.24) is 5.32 Å². The van der Waals surface area contributed by atoms with E-state index in [1.165, 1.54) is 10.4 Å². The van der Waals surface area contributed by atoms with Gasteiger partial charge in [0, 0.05) is 11.4 Å². The van der Waals surface area contributed by atoms with Crippen LogP contribution < -0.4 is 5.32 Å². The Morgan fingerprint density at radius 2 is 2.29 bits per heavy atom. The van der Waals surface area contributed by atoms with Crippen molar-refractivity contribution < 1.29 is 0 Å². The Bertz CT molecular complexity index is 333. The van der Waals surface area contributed by atoms with Crippen molar-refractivity contribution in [2.45, 2.75) is 32.7 Å². The van der Waals surface area contributed by atoms with Crippen LogP contribution in [0.3, 0.4) is 0 Å². The Morgan fingerprint density at radius 1 is 1.57 bits per heavy atom. The number of hydrogen-bond donors (Lipinski definition) is 1. The fraction of sp³-hybridized carbons (Fsp3) is 0.545. The summed E-state index contributed by atoms with van der Waals surface area (Å²) in [6.07, 6.45) is 1.01. The van der Waals surface area contributed by atoms with E-state index in [4.69, 9.17) is 5.26 Å². The molecule has 0 amide bonds. The molecule has 0 aromatic carbocycles. The van der Waals surface area contributed by atoms with Crippen LogP contribution in [-0.4, -0.2) is 12.1 Å². The molecular formula is C11H16N2S. The molecule has 0 atom stereocenters. The van der Waals surface area contributed by atoms with Crippen molar-refractivity contribution in [3.63, 3.8) is 0 Å². The zero-order valence-electron chi connectivity index (χ0n) is 8.92. The summed E-state index contributed by atoms with van der Waals surface area (Å²) < 4.78 is 0. The van der Waals surface area contributed by atoms with Gasteiger partial charge in [-0.2, -0.15) is 5.26 Å². The fourth-order valence-corrected chi connectivity index (χ4v) is 2.10. The SMILES string of the molecule is Cc1ccsc1CCNC(C)(C)C#N. The average Bonchev–Trinajstić information content (AvgIpc) is 2.52. The Kier molecular flexibility index (Phi) is 3.68. The van der Waals surface area contributed by atoms with E-state index in [0.29, 0.717) is 0 Å². The highest BCUT2D eigenvalue weighted by Gasteiger charge is 2.14. The number of nitriles is 1. The molecule has 1 heterocycles. The van der Waals surface area contributed by atoms with Crippen LogP contribution in [0.15, 0.2) is 11.4 Å². The summed E-state index contributed by atoms with van der Waals surface area (Å²) in [6.45, 7) is 6.78. The second-order valence-corrected chi connectivity index (χ2v) is 4.94. The molecule has 0 saturated heterocycles. The molecule has 1 aromatic heterocycles. The quantitative estimate of drug-likeness (QED) is 0.825. The molecule has 0 aliphatic heterocycles. The highest BCUT2D eigenvalue weighted by Crippen LogP contribution is 2.15. The first-order valence-electron chi connectivity index (χ1n) is 4.74. The first-order valence-corrected chi connectivity index (χ1v) is 5.62. The van der Waals surface area contributed by atoms with Gasteiger partial charge in [0.1, 0.15) is 5.54 Å². The van der Waals surface area contributed by atoms with E-state index < -0.39 is 5.54 Å². The van der Waals surface area contributed by atoms with Gasteiger partial charge in [-0.15, -0.1) is 11.3 Å². The van der Waals surface area contributed by atoms with Crippen LogP contribution >= 0.6 is 11.3 Å². The lowest BCUT2D eigenvalue weighted by molar-refractivity contribution is 0.490. The van der Waals surface area contributed by atoms with E-state index in [0.717, 1.165) is 13.0 Å². The van der Waals surface area contributed by atoms with Crippen LogP contribution in [0.2, 0.25) is 0 Å². The van der Waals surface area contributed by atoms with Crippen LogP contribution in [0.25, 0.3) is 0 Å². The predicted octanol–water partition coefficient (Wildman–Crippen LogP) is 2.49. The molecule has 0 radical (unpaired) electrons. The molecule has 2 nitrogen and oxygen atoms in total. The normalized spacial score (nSPS) is 11.3. The zero-order chi connectivity index (χ0) is 10.6. The molecule has 0 saturated carbocycles. The smallest absolute Gasteiger partial charge is 0.101 e. The summed E-state index contributed by atoms with van der Waals surface area (Å²) in [5.74, 6) is 0. The second kappa shape index (κ2) is 4.59. The third-order valence-corrected chi connectivity index (χ3v) is 3.25. The number of nitrogens with one attached hydrogen (secondary N) is 1. The first-order chi connectivity index (χ1) is 6.55. The van der Waals surface area contributed by atoms with Crippen LogP contribution in [-0.2, 0) is 6.42 Å². The van der Waals surface area contributed by atoms with E-state index in [9.17, 15) is 0 Å². The molecule has 14 heavy (non-hydrogen) atoms. The summed E-state index contributed by atoms with van der Waals surface area (Å²) >= 11 is 1.78. The van der Waals surface area contributed by atoms with Crippen LogP contribution in [0.1, 0.15) is 24.3 Å². The Labute approximate surface area is 89.6 Å². The Morgan fingerprint density at radius 3 is 2.79 bits per heavy atom. The van der Waals surface area contributed by atoms with Gasteiger partial charge < -0.3 is 0 Å². The van der Waals surface area contributed by atoms with Crippen molar-refractivity contribution >= 4 is 11.3 Å².